The summed E-state index contributed by atoms with van der Waals surface area (Å²) in [5.41, 5.74) is 2.36. The Morgan fingerprint density at radius 3 is 2.80 bits per heavy atom. The van der Waals surface area contributed by atoms with Crippen LogP contribution in [0.3, 0.4) is 0 Å². The van der Waals surface area contributed by atoms with Crippen LogP contribution in [0.15, 0.2) is 36.5 Å². The zero-order valence-electron chi connectivity index (χ0n) is 8.01. The summed E-state index contributed by atoms with van der Waals surface area (Å²) in [5, 5.41) is 8.62. The van der Waals surface area contributed by atoms with E-state index in [0.717, 1.165) is 11.4 Å². The molecule has 15 heavy (non-hydrogen) atoms. The van der Waals surface area contributed by atoms with Gasteiger partial charge in [0, 0.05) is 11.9 Å². The van der Waals surface area contributed by atoms with Gasteiger partial charge < -0.3 is 4.98 Å². The number of pyridine rings is 1. The van der Waals surface area contributed by atoms with Crippen LogP contribution >= 0.6 is 0 Å². The third kappa shape index (κ3) is 2.32. The average molecular weight is 195 g/mol. The van der Waals surface area contributed by atoms with Gasteiger partial charge in [-0.05, 0) is 36.4 Å². The van der Waals surface area contributed by atoms with Gasteiger partial charge in [0.15, 0.2) is 0 Å². The monoisotopic (exact) mass is 195 g/mol. The molecule has 2 aromatic rings. The Morgan fingerprint density at radius 1 is 1.20 bits per heavy atom. The first kappa shape index (κ1) is 9.22. The summed E-state index contributed by atoms with van der Waals surface area (Å²) >= 11 is 0. The molecule has 0 aliphatic rings. The molecule has 0 saturated carbocycles. The van der Waals surface area contributed by atoms with Crippen LogP contribution in [-0.2, 0) is 0 Å². The molecule has 2 rings (SSSR count). The summed E-state index contributed by atoms with van der Waals surface area (Å²) in [7, 11) is 0. The molecule has 0 spiro atoms. The SMILES string of the molecule is N#Cc1ccc(/C=C\c2ccccn2)[nH]1. The first-order valence-corrected chi connectivity index (χ1v) is 4.57. The van der Waals surface area contributed by atoms with Crippen LogP contribution in [0.2, 0.25) is 0 Å². The van der Waals surface area contributed by atoms with E-state index in [9.17, 15) is 0 Å². The van der Waals surface area contributed by atoms with Gasteiger partial charge in [-0.15, -0.1) is 0 Å². The number of aromatic amines is 1. The molecule has 3 nitrogen and oxygen atoms in total. The molecule has 72 valence electrons. The molecule has 0 aromatic carbocycles. The summed E-state index contributed by atoms with van der Waals surface area (Å²) < 4.78 is 0. The van der Waals surface area contributed by atoms with Gasteiger partial charge in [-0.3, -0.25) is 4.98 Å². The topological polar surface area (TPSA) is 52.5 Å². The van der Waals surface area contributed by atoms with E-state index in [0.29, 0.717) is 5.69 Å². The molecule has 0 bridgehead atoms. The van der Waals surface area contributed by atoms with E-state index in [1.165, 1.54) is 0 Å². The fraction of sp³-hybridized carbons (Fsp3) is 0. The maximum absolute atomic E-state index is 8.62. The van der Waals surface area contributed by atoms with Crippen molar-refractivity contribution in [2.24, 2.45) is 0 Å². The Bertz CT molecular complexity index is 503. The Balaban J connectivity index is 2.16. The summed E-state index contributed by atoms with van der Waals surface area (Å²) in [6.45, 7) is 0. The van der Waals surface area contributed by atoms with E-state index in [2.05, 4.69) is 9.97 Å². The maximum atomic E-state index is 8.62. The fourth-order valence-electron chi connectivity index (χ4n) is 1.22. The minimum atomic E-state index is 0.565. The smallest absolute Gasteiger partial charge is 0.118 e. The van der Waals surface area contributed by atoms with Crippen molar-refractivity contribution in [1.82, 2.24) is 9.97 Å². The van der Waals surface area contributed by atoms with Crippen molar-refractivity contribution >= 4 is 12.2 Å². The zero-order valence-corrected chi connectivity index (χ0v) is 8.01. The molecule has 2 aromatic heterocycles. The quantitative estimate of drug-likeness (QED) is 0.800. The van der Waals surface area contributed by atoms with Crippen LogP contribution in [0.4, 0.5) is 0 Å². The number of aromatic nitrogens is 2. The fourth-order valence-corrected chi connectivity index (χ4v) is 1.22. The minimum Gasteiger partial charge on any atom is -0.347 e. The van der Waals surface area contributed by atoms with Gasteiger partial charge in [0.2, 0.25) is 0 Å². The molecule has 0 saturated heterocycles. The lowest BCUT2D eigenvalue weighted by Gasteiger charge is -1.89. The highest BCUT2D eigenvalue weighted by molar-refractivity contribution is 5.66. The molecule has 0 radical (unpaired) electrons. The molecule has 0 aliphatic carbocycles. The van der Waals surface area contributed by atoms with Crippen LogP contribution in [0.5, 0.6) is 0 Å². The summed E-state index contributed by atoms with van der Waals surface area (Å²) in [6.07, 6.45) is 5.53. The van der Waals surface area contributed by atoms with Gasteiger partial charge in [-0.1, -0.05) is 6.07 Å². The summed E-state index contributed by atoms with van der Waals surface area (Å²) in [4.78, 5) is 7.11. The Hall–Kier alpha value is -2.34. The van der Waals surface area contributed by atoms with E-state index < -0.39 is 0 Å². The van der Waals surface area contributed by atoms with E-state index in [1.807, 2.05) is 42.5 Å². The maximum Gasteiger partial charge on any atom is 0.118 e. The highest BCUT2D eigenvalue weighted by Crippen LogP contribution is 2.05. The second kappa shape index (κ2) is 4.25. The first-order valence-electron chi connectivity index (χ1n) is 4.57. The molecule has 3 heteroatoms. The second-order valence-electron chi connectivity index (χ2n) is 3.03. The number of rotatable bonds is 2. The highest BCUT2D eigenvalue weighted by atomic mass is 14.7. The van der Waals surface area contributed by atoms with Crippen molar-refractivity contribution in [3.63, 3.8) is 0 Å². The standard InChI is InChI=1S/C12H9N3/c13-9-12-7-6-11(15-12)5-4-10-3-1-2-8-14-10/h1-8,15H/b5-4-. The van der Waals surface area contributed by atoms with Crippen molar-refractivity contribution in [1.29, 1.82) is 5.26 Å². The molecule has 0 fully saturated rings. The highest BCUT2D eigenvalue weighted by Gasteiger charge is 1.92. The predicted molar refractivity (Wildman–Crippen MR) is 58.7 cm³/mol. The van der Waals surface area contributed by atoms with Crippen molar-refractivity contribution in [3.8, 4) is 6.07 Å². The molecule has 0 amide bonds. The van der Waals surface area contributed by atoms with Gasteiger partial charge in [-0.25, -0.2) is 0 Å². The normalized spacial score (nSPS) is 10.3. The van der Waals surface area contributed by atoms with Gasteiger partial charge in [-0.2, -0.15) is 5.26 Å². The van der Waals surface area contributed by atoms with Crippen LogP contribution in [0.1, 0.15) is 17.1 Å². The largest absolute Gasteiger partial charge is 0.347 e. The molecular formula is C12H9N3. The number of H-pyrrole nitrogens is 1. The average Bonchev–Trinajstić information content (AvgIpc) is 2.76. The number of nitrogens with zero attached hydrogens (tertiary/aromatic N) is 2. The molecule has 0 aliphatic heterocycles. The Kier molecular flexibility index (Phi) is 2.61. The van der Waals surface area contributed by atoms with Gasteiger partial charge in [0.1, 0.15) is 11.8 Å². The number of nitriles is 1. The van der Waals surface area contributed by atoms with Crippen molar-refractivity contribution in [3.05, 3.63) is 53.6 Å². The lowest BCUT2D eigenvalue weighted by molar-refractivity contribution is 1.29. The van der Waals surface area contributed by atoms with Gasteiger partial charge >= 0.3 is 0 Å². The van der Waals surface area contributed by atoms with Crippen molar-refractivity contribution in [2.75, 3.05) is 0 Å². The van der Waals surface area contributed by atoms with E-state index in [-0.39, 0.29) is 0 Å². The summed E-state index contributed by atoms with van der Waals surface area (Å²) in [6, 6.07) is 11.4. The lowest BCUT2D eigenvalue weighted by atomic mass is 10.3. The number of hydrogen-bond acceptors (Lipinski definition) is 2. The second-order valence-corrected chi connectivity index (χ2v) is 3.03. The van der Waals surface area contributed by atoms with E-state index >= 15 is 0 Å². The first-order chi connectivity index (χ1) is 7.38. The molecule has 0 atom stereocenters. The molecule has 1 N–H and O–H groups in total. The minimum absolute atomic E-state index is 0.565. The van der Waals surface area contributed by atoms with Crippen LogP contribution in [-0.4, -0.2) is 9.97 Å². The Morgan fingerprint density at radius 2 is 2.13 bits per heavy atom. The van der Waals surface area contributed by atoms with Gasteiger partial charge in [0.05, 0.1) is 5.69 Å². The number of nitrogens with one attached hydrogen (secondary N) is 1. The van der Waals surface area contributed by atoms with Gasteiger partial charge in [0.25, 0.3) is 0 Å². The zero-order chi connectivity index (χ0) is 10.5. The molecule has 2 heterocycles. The molecular weight excluding hydrogens is 186 g/mol. The third-order valence-corrected chi connectivity index (χ3v) is 1.95. The predicted octanol–water partition coefficient (Wildman–Crippen LogP) is 2.45. The summed E-state index contributed by atoms with van der Waals surface area (Å²) in [5.74, 6) is 0. The van der Waals surface area contributed by atoms with Crippen LogP contribution in [0.25, 0.3) is 12.2 Å². The van der Waals surface area contributed by atoms with E-state index in [4.69, 9.17) is 5.26 Å². The molecule has 0 unspecified atom stereocenters. The van der Waals surface area contributed by atoms with Crippen molar-refractivity contribution in [2.45, 2.75) is 0 Å². The van der Waals surface area contributed by atoms with E-state index in [1.54, 1.807) is 12.3 Å². The third-order valence-electron chi connectivity index (χ3n) is 1.95. The number of hydrogen-bond donors (Lipinski definition) is 1. The Labute approximate surface area is 87.7 Å². The van der Waals surface area contributed by atoms with Crippen LogP contribution < -0.4 is 0 Å². The van der Waals surface area contributed by atoms with Crippen LogP contribution in [0, 0.1) is 11.3 Å². The lowest BCUT2D eigenvalue weighted by Crippen LogP contribution is -1.77. The van der Waals surface area contributed by atoms with Crippen molar-refractivity contribution < 1.29 is 0 Å².